The number of carbonyl (C=O) groups is 1. The molecule has 2 heterocycles. The molecule has 0 atom stereocenters. The van der Waals surface area contributed by atoms with Crippen LogP contribution in [0.2, 0.25) is 0 Å². The molecule has 0 spiro atoms. The molecule has 1 aromatic heterocycles. The van der Waals surface area contributed by atoms with Crippen molar-refractivity contribution in [2.75, 3.05) is 31.2 Å². The van der Waals surface area contributed by atoms with E-state index in [1.165, 1.54) is 42.5 Å². The van der Waals surface area contributed by atoms with Gasteiger partial charge in [-0.1, -0.05) is 0 Å². The molecule has 2 aromatic rings. The average molecular weight is 360 g/mol. The van der Waals surface area contributed by atoms with Crippen LogP contribution in [0.15, 0.2) is 40.6 Å². The van der Waals surface area contributed by atoms with Crippen LogP contribution >= 0.6 is 11.3 Å². The molecule has 1 aromatic carbocycles. The average Bonchev–Trinajstić information content (AvgIpc) is 3.05. The molecule has 8 nitrogen and oxygen atoms in total. The van der Waals surface area contributed by atoms with Gasteiger partial charge in [0.15, 0.2) is 5.78 Å². The number of hydrogen-bond acceptors (Lipinski definition) is 8. The molecule has 0 bridgehead atoms. The molecule has 3 rings (SSSR count). The lowest BCUT2D eigenvalue weighted by Crippen LogP contribution is -2.35. The first-order valence-electron chi connectivity index (χ1n) is 7.68. The SMILES string of the molecule is CC(=O)c1cc(N=Nc2ccc([N+](=O)[O-])cc2)c(N2CCOCC2)s1. The highest BCUT2D eigenvalue weighted by atomic mass is 32.1. The number of rotatable bonds is 5. The Morgan fingerprint density at radius 3 is 2.52 bits per heavy atom. The Hall–Kier alpha value is -2.65. The highest BCUT2D eigenvalue weighted by Gasteiger charge is 2.20. The van der Waals surface area contributed by atoms with Crippen molar-refractivity contribution in [2.45, 2.75) is 6.92 Å². The van der Waals surface area contributed by atoms with Gasteiger partial charge >= 0.3 is 0 Å². The van der Waals surface area contributed by atoms with E-state index < -0.39 is 4.92 Å². The molecular formula is C16H16N4O4S. The Kier molecular flexibility index (Phi) is 5.15. The largest absolute Gasteiger partial charge is 0.378 e. The number of non-ortho nitro benzene ring substituents is 1. The Morgan fingerprint density at radius 1 is 1.24 bits per heavy atom. The molecule has 1 aliphatic heterocycles. The third-order valence-corrected chi connectivity index (χ3v) is 4.96. The first-order chi connectivity index (χ1) is 12.0. The molecule has 0 aliphatic carbocycles. The van der Waals surface area contributed by atoms with Crippen molar-refractivity contribution in [2.24, 2.45) is 10.2 Å². The summed E-state index contributed by atoms with van der Waals surface area (Å²) in [4.78, 5) is 24.7. The number of nitrogens with zero attached hydrogens (tertiary/aromatic N) is 4. The van der Waals surface area contributed by atoms with Crippen LogP contribution in [-0.2, 0) is 4.74 Å². The summed E-state index contributed by atoms with van der Waals surface area (Å²) in [5.74, 6) is -0.0173. The third kappa shape index (κ3) is 4.06. The molecule has 0 saturated carbocycles. The van der Waals surface area contributed by atoms with Crippen LogP contribution in [0.25, 0.3) is 0 Å². The maximum Gasteiger partial charge on any atom is 0.269 e. The number of nitro groups is 1. The van der Waals surface area contributed by atoms with Crippen molar-refractivity contribution < 1.29 is 14.5 Å². The van der Waals surface area contributed by atoms with Crippen molar-refractivity contribution in [3.63, 3.8) is 0 Å². The number of hydrogen-bond donors (Lipinski definition) is 0. The minimum Gasteiger partial charge on any atom is -0.378 e. The van der Waals surface area contributed by atoms with Crippen LogP contribution in [0, 0.1) is 10.1 Å². The van der Waals surface area contributed by atoms with E-state index in [9.17, 15) is 14.9 Å². The molecule has 0 N–H and O–H groups in total. The lowest BCUT2D eigenvalue weighted by molar-refractivity contribution is -0.384. The number of anilines is 1. The van der Waals surface area contributed by atoms with E-state index in [2.05, 4.69) is 15.1 Å². The van der Waals surface area contributed by atoms with E-state index in [0.29, 0.717) is 29.5 Å². The van der Waals surface area contributed by atoms with Gasteiger partial charge in [-0.3, -0.25) is 14.9 Å². The molecule has 130 valence electrons. The fourth-order valence-corrected chi connectivity index (χ4v) is 3.40. The van der Waals surface area contributed by atoms with Crippen LogP contribution in [0.3, 0.4) is 0 Å². The number of morpholine rings is 1. The third-order valence-electron chi connectivity index (χ3n) is 3.67. The number of carbonyl (C=O) groups excluding carboxylic acids is 1. The Labute approximate surface area is 147 Å². The molecule has 25 heavy (non-hydrogen) atoms. The Bertz CT molecular complexity index is 810. The molecule has 0 amide bonds. The second kappa shape index (κ2) is 7.49. The van der Waals surface area contributed by atoms with Gasteiger partial charge in [0.2, 0.25) is 0 Å². The number of azo groups is 1. The number of ketones is 1. The summed E-state index contributed by atoms with van der Waals surface area (Å²) >= 11 is 1.39. The van der Waals surface area contributed by atoms with E-state index in [1.54, 1.807) is 6.07 Å². The molecule has 1 aliphatic rings. The molecule has 0 radical (unpaired) electrons. The summed E-state index contributed by atoms with van der Waals surface area (Å²) in [5.41, 5.74) is 1.13. The van der Waals surface area contributed by atoms with Crippen molar-refractivity contribution in [1.82, 2.24) is 0 Å². The highest BCUT2D eigenvalue weighted by molar-refractivity contribution is 7.18. The van der Waals surface area contributed by atoms with Crippen LogP contribution in [-0.4, -0.2) is 37.0 Å². The lowest BCUT2D eigenvalue weighted by atomic mass is 10.3. The zero-order chi connectivity index (χ0) is 17.8. The maximum absolute atomic E-state index is 11.7. The van der Waals surface area contributed by atoms with Gasteiger partial charge < -0.3 is 9.64 Å². The van der Waals surface area contributed by atoms with E-state index in [4.69, 9.17) is 4.74 Å². The minimum absolute atomic E-state index is 0.00218. The number of ether oxygens (including phenoxy) is 1. The summed E-state index contributed by atoms with van der Waals surface area (Å²) < 4.78 is 5.36. The van der Waals surface area contributed by atoms with Crippen LogP contribution in [0.1, 0.15) is 16.6 Å². The van der Waals surface area contributed by atoms with E-state index in [-0.39, 0.29) is 11.5 Å². The molecule has 0 unspecified atom stereocenters. The van der Waals surface area contributed by atoms with Gasteiger partial charge in [0.1, 0.15) is 10.7 Å². The fourth-order valence-electron chi connectivity index (χ4n) is 2.36. The van der Waals surface area contributed by atoms with Crippen molar-refractivity contribution in [1.29, 1.82) is 0 Å². The highest BCUT2D eigenvalue weighted by Crippen LogP contribution is 2.39. The second-order valence-corrected chi connectivity index (χ2v) is 6.46. The molecule has 9 heteroatoms. The monoisotopic (exact) mass is 360 g/mol. The Balaban J connectivity index is 1.87. The predicted molar refractivity (Wildman–Crippen MR) is 94.6 cm³/mol. The number of Topliss-reactive ketones (excluding diaryl/α,β-unsaturated/α-hetero) is 1. The van der Waals surface area contributed by atoms with Gasteiger partial charge in [-0.15, -0.1) is 16.5 Å². The van der Waals surface area contributed by atoms with Crippen LogP contribution in [0.5, 0.6) is 0 Å². The minimum atomic E-state index is -0.463. The lowest BCUT2D eigenvalue weighted by Gasteiger charge is -2.27. The van der Waals surface area contributed by atoms with Gasteiger partial charge in [-0.25, -0.2) is 0 Å². The normalized spacial score (nSPS) is 14.8. The van der Waals surface area contributed by atoms with E-state index in [0.717, 1.165) is 18.1 Å². The van der Waals surface area contributed by atoms with Gasteiger partial charge in [0.05, 0.1) is 28.7 Å². The maximum atomic E-state index is 11.7. The molecule has 1 fully saturated rings. The van der Waals surface area contributed by atoms with E-state index in [1.807, 2.05) is 0 Å². The zero-order valence-corrected chi connectivity index (χ0v) is 14.4. The Morgan fingerprint density at radius 2 is 1.92 bits per heavy atom. The summed E-state index contributed by atoms with van der Waals surface area (Å²) in [6, 6.07) is 7.56. The van der Waals surface area contributed by atoms with Crippen molar-refractivity contribution >= 4 is 39.2 Å². The summed E-state index contributed by atoms with van der Waals surface area (Å²) in [7, 11) is 0. The summed E-state index contributed by atoms with van der Waals surface area (Å²) in [6.45, 7) is 4.25. The topological polar surface area (TPSA) is 97.4 Å². The first-order valence-corrected chi connectivity index (χ1v) is 8.50. The van der Waals surface area contributed by atoms with Crippen LogP contribution < -0.4 is 4.90 Å². The van der Waals surface area contributed by atoms with Crippen LogP contribution in [0.4, 0.5) is 22.1 Å². The van der Waals surface area contributed by atoms with Crippen molar-refractivity contribution in [3.05, 3.63) is 45.3 Å². The van der Waals surface area contributed by atoms with Gasteiger partial charge in [-0.2, -0.15) is 5.11 Å². The molecule has 1 saturated heterocycles. The standard InChI is InChI=1S/C16H16N4O4S/c1-11(21)15-10-14(16(25-15)19-6-8-24-9-7-19)18-17-12-2-4-13(5-3-12)20(22)23/h2-5,10H,6-9H2,1H3. The smallest absolute Gasteiger partial charge is 0.269 e. The van der Waals surface area contributed by atoms with Gasteiger partial charge in [0.25, 0.3) is 5.69 Å². The van der Waals surface area contributed by atoms with Crippen molar-refractivity contribution in [3.8, 4) is 0 Å². The first kappa shape index (κ1) is 17.2. The number of benzene rings is 1. The van der Waals surface area contributed by atoms with Gasteiger partial charge in [-0.05, 0) is 25.1 Å². The zero-order valence-electron chi connectivity index (χ0n) is 13.5. The van der Waals surface area contributed by atoms with E-state index >= 15 is 0 Å². The molecular weight excluding hydrogens is 344 g/mol. The number of nitro benzene ring substituents is 1. The summed E-state index contributed by atoms with van der Waals surface area (Å²) in [5, 5.41) is 20.0. The number of thiophene rings is 1. The second-order valence-electron chi connectivity index (χ2n) is 5.43. The quantitative estimate of drug-likeness (QED) is 0.346. The summed E-state index contributed by atoms with van der Waals surface area (Å²) in [6.07, 6.45) is 0. The van der Waals surface area contributed by atoms with Gasteiger partial charge in [0, 0.05) is 25.2 Å². The fraction of sp³-hybridized carbons (Fsp3) is 0.312. The predicted octanol–water partition coefficient (Wildman–Crippen LogP) is 4.11.